The van der Waals surface area contributed by atoms with Crippen LogP contribution in [0.4, 0.5) is 0 Å². The molecule has 3 aromatic carbocycles. The molecule has 4 aromatic rings. The second-order valence-corrected chi connectivity index (χ2v) is 7.14. The summed E-state index contributed by atoms with van der Waals surface area (Å²) in [6, 6.07) is 22.2. The molecule has 0 bridgehead atoms. The van der Waals surface area contributed by atoms with Gasteiger partial charge in [0, 0.05) is 20.9 Å². The molecule has 0 saturated carbocycles. The average Bonchev–Trinajstić information content (AvgIpc) is 3.09. The minimum absolute atomic E-state index is 0.179. The summed E-state index contributed by atoms with van der Waals surface area (Å²) >= 11 is 3.50. The van der Waals surface area contributed by atoms with E-state index in [9.17, 15) is 9.90 Å². The van der Waals surface area contributed by atoms with Crippen LogP contribution >= 0.6 is 15.9 Å². The number of nitrogens with zero attached hydrogens (tertiary/aromatic N) is 1. The molecule has 28 heavy (non-hydrogen) atoms. The van der Waals surface area contributed by atoms with Crippen molar-refractivity contribution in [3.8, 4) is 16.9 Å². The van der Waals surface area contributed by atoms with Crippen molar-refractivity contribution in [3.63, 3.8) is 0 Å². The minimum atomic E-state index is -0.332. The summed E-state index contributed by atoms with van der Waals surface area (Å²) in [4.78, 5) is 16.0. The number of aromatic nitrogens is 1. The van der Waals surface area contributed by atoms with Gasteiger partial charge in [0.1, 0.15) is 11.4 Å². The normalized spacial score (nSPS) is 11.2. The van der Waals surface area contributed by atoms with Crippen LogP contribution < -0.4 is 5.43 Å². The van der Waals surface area contributed by atoms with Gasteiger partial charge in [0.25, 0.3) is 5.91 Å². The van der Waals surface area contributed by atoms with Gasteiger partial charge in [-0.2, -0.15) is 5.10 Å². The van der Waals surface area contributed by atoms with E-state index in [2.05, 4.69) is 31.4 Å². The predicted octanol–water partition coefficient (Wildman–Crippen LogP) is 5.07. The molecule has 3 N–H and O–H groups in total. The third-order valence-electron chi connectivity index (χ3n) is 4.32. The Kier molecular flexibility index (Phi) is 4.95. The predicted molar refractivity (Wildman–Crippen MR) is 115 cm³/mol. The van der Waals surface area contributed by atoms with Crippen LogP contribution in [-0.2, 0) is 0 Å². The summed E-state index contributed by atoms with van der Waals surface area (Å²) in [5.74, 6) is -0.154. The zero-order valence-electron chi connectivity index (χ0n) is 14.7. The number of aromatic amines is 1. The number of hydrogen-bond acceptors (Lipinski definition) is 3. The van der Waals surface area contributed by atoms with E-state index in [1.54, 1.807) is 24.3 Å². The number of hydrogen-bond donors (Lipinski definition) is 3. The zero-order chi connectivity index (χ0) is 19.5. The SMILES string of the molecule is O=C(N/N=C\c1ccc(O)cc1)c1[nH]c2ccc(Br)cc2c1-c1ccccc1. The molecule has 5 nitrogen and oxygen atoms in total. The smallest absolute Gasteiger partial charge is 0.288 e. The van der Waals surface area contributed by atoms with Crippen LogP contribution in [0.25, 0.3) is 22.0 Å². The van der Waals surface area contributed by atoms with Crippen molar-refractivity contribution in [1.82, 2.24) is 10.4 Å². The highest BCUT2D eigenvalue weighted by Gasteiger charge is 2.19. The molecule has 4 rings (SSSR count). The number of phenols is 1. The van der Waals surface area contributed by atoms with Gasteiger partial charge in [-0.3, -0.25) is 4.79 Å². The first kappa shape index (κ1) is 18.0. The van der Waals surface area contributed by atoms with E-state index < -0.39 is 0 Å². The number of amides is 1. The molecule has 6 heteroatoms. The molecule has 1 amide bonds. The van der Waals surface area contributed by atoms with Crippen molar-refractivity contribution in [1.29, 1.82) is 0 Å². The van der Waals surface area contributed by atoms with Crippen molar-refractivity contribution in [2.24, 2.45) is 5.10 Å². The number of H-pyrrole nitrogens is 1. The molecular weight excluding hydrogens is 418 g/mol. The number of carbonyl (C=O) groups is 1. The van der Waals surface area contributed by atoms with Crippen LogP contribution in [-0.4, -0.2) is 22.2 Å². The van der Waals surface area contributed by atoms with Gasteiger partial charge in [-0.25, -0.2) is 5.43 Å². The van der Waals surface area contributed by atoms with Gasteiger partial charge in [-0.05, 0) is 53.6 Å². The van der Waals surface area contributed by atoms with Crippen molar-refractivity contribution >= 4 is 39.0 Å². The first-order chi connectivity index (χ1) is 13.6. The van der Waals surface area contributed by atoms with Crippen LogP contribution in [0.15, 0.2) is 82.4 Å². The second kappa shape index (κ2) is 7.70. The molecular formula is C22H16BrN3O2. The lowest BCUT2D eigenvalue weighted by atomic mass is 10.0. The molecule has 0 aliphatic carbocycles. The maximum atomic E-state index is 12.8. The summed E-state index contributed by atoms with van der Waals surface area (Å²) in [5.41, 5.74) is 6.43. The Hall–Kier alpha value is -3.38. The first-order valence-corrected chi connectivity index (χ1v) is 9.40. The van der Waals surface area contributed by atoms with Crippen LogP contribution in [0.5, 0.6) is 5.75 Å². The Morgan fingerprint density at radius 2 is 1.79 bits per heavy atom. The Balaban J connectivity index is 1.69. The topological polar surface area (TPSA) is 77.5 Å². The lowest BCUT2D eigenvalue weighted by Gasteiger charge is -2.04. The van der Waals surface area contributed by atoms with Crippen LogP contribution in [0.3, 0.4) is 0 Å². The summed E-state index contributed by atoms with van der Waals surface area (Å²) in [6.07, 6.45) is 1.53. The van der Waals surface area contributed by atoms with Crippen molar-refractivity contribution < 1.29 is 9.90 Å². The largest absolute Gasteiger partial charge is 0.508 e. The van der Waals surface area contributed by atoms with E-state index >= 15 is 0 Å². The molecule has 0 spiro atoms. The average molecular weight is 434 g/mol. The van der Waals surface area contributed by atoms with Gasteiger partial charge < -0.3 is 10.1 Å². The molecule has 0 saturated heterocycles. The van der Waals surface area contributed by atoms with Crippen LogP contribution in [0.1, 0.15) is 16.1 Å². The van der Waals surface area contributed by atoms with Gasteiger partial charge in [-0.15, -0.1) is 0 Å². The van der Waals surface area contributed by atoms with Gasteiger partial charge >= 0.3 is 0 Å². The molecule has 1 heterocycles. The number of phenolic OH excluding ortho intramolecular Hbond substituents is 1. The molecule has 138 valence electrons. The standard InChI is InChI=1S/C22H16BrN3O2/c23-16-8-11-19-18(12-16)20(15-4-2-1-3-5-15)21(25-19)22(28)26-24-13-14-6-9-17(27)10-7-14/h1-13,25,27H,(H,26,28)/b24-13-. The highest BCUT2D eigenvalue weighted by atomic mass is 79.9. The number of hydrazone groups is 1. The van der Waals surface area contributed by atoms with Gasteiger partial charge in [0.2, 0.25) is 0 Å². The fourth-order valence-corrected chi connectivity index (χ4v) is 3.38. The van der Waals surface area contributed by atoms with Crippen molar-refractivity contribution in [2.75, 3.05) is 0 Å². The minimum Gasteiger partial charge on any atom is -0.508 e. The number of nitrogens with one attached hydrogen (secondary N) is 2. The van der Waals surface area contributed by atoms with Gasteiger partial charge in [0.15, 0.2) is 0 Å². The van der Waals surface area contributed by atoms with Crippen LogP contribution in [0.2, 0.25) is 0 Å². The Morgan fingerprint density at radius 1 is 1.04 bits per heavy atom. The zero-order valence-corrected chi connectivity index (χ0v) is 16.3. The highest BCUT2D eigenvalue weighted by molar-refractivity contribution is 9.10. The van der Waals surface area contributed by atoms with Crippen molar-refractivity contribution in [3.05, 3.63) is 88.5 Å². The number of halogens is 1. The molecule has 0 unspecified atom stereocenters. The molecule has 0 radical (unpaired) electrons. The lowest BCUT2D eigenvalue weighted by Crippen LogP contribution is -2.18. The van der Waals surface area contributed by atoms with E-state index in [0.29, 0.717) is 5.69 Å². The summed E-state index contributed by atoms with van der Waals surface area (Å²) in [6.45, 7) is 0. The van der Waals surface area contributed by atoms with E-state index in [1.807, 2.05) is 48.5 Å². The number of fused-ring (bicyclic) bond motifs is 1. The summed E-state index contributed by atoms with van der Waals surface area (Å²) in [7, 11) is 0. The molecule has 0 fully saturated rings. The molecule has 0 aliphatic heterocycles. The third-order valence-corrected chi connectivity index (χ3v) is 4.82. The van der Waals surface area contributed by atoms with Crippen molar-refractivity contribution in [2.45, 2.75) is 0 Å². The highest BCUT2D eigenvalue weighted by Crippen LogP contribution is 2.34. The number of carbonyl (C=O) groups excluding carboxylic acids is 1. The number of benzene rings is 3. The van der Waals surface area contributed by atoms with E-state index in [1.165, 1.54) is 6.21 Å². The summed E-state index contributed by atoms with van der Waals surface area (Å²) < 4.78 is 0.938. The van der Waals surface area contributed by atoms with E-state index in [-0.39, 0.29) is 11.7 Å². The molecule has 0 atom stereocenters. The molecule has 1 aromatic heterocycles. The quantitative estimate of drug-likeness (QED) is 0.310. The molecule has 0 aliphatic rings. The van der Waals surface area contributed by atoms with Crippen LogP contribution in [0, 0.1) is 0 Å². The van der Waals surface area contributed by atoms with Gasteiger partial charge in [-0.1, -0.05) is 46.3 Å². The third kappa shape index (κ3) is 3.68. The Labute approximate surface area is 169 Å². The second-order valence-electron chi connectivity index (χ2n) is 6.22. The van der Waals surface area contributed by atoms with E-state index in [4.69, 9.17) is 0 Å². The number of aromatic hydroxyl groups is 1. The monoisotopic (exact) mass is 433 g/mol. The first-order valence-electron chi connectivity index (χ1n) is 8.61. The fourth-order valence-electron chi connectivity index (χ4n) is 3.02. The Bertz CT molecular complexity index is 1170. The van der Waals surface area contributed by atoms with Gasteiger partial charge in [0.05, 0.1) is 6.21 Å². The van der Waals surface area contributed by atoms with E-state index in [0.717, 1.165) is 32.1 Å². The lowest BCUT2D eigenvalue weighted by molar-refractivity contribution is 0.0951. The Morgan fingerprint density at radius 3 is 2.54 bits per heavy atom. The maximum absolute atomic E-state index is 12.8. The fraction of sp³-hybridized carbons (Fsp3) is 0. The maximum Gasteiger partial charge on any atom is 0.288 e. The number of rotatable bonds is 4. The summed E-state index contributed by atoms with van der Waals surface area (Å²) in [5, 5.41) is 14.3.